The molecule has 21 heavy (non-hydrogen) atoms. The summed E-state index contributed by atoms with van der Waals surface area (Å²) in [4.78, 5) is 7.19. The van der Waals surface area contributed by atoms with Gasteiger partial charge in [-0.25, -0.2) is 18.1 Å². The zero-order valence-corrected chi connectivity index (χ0v) is 13.2. The van der Waals surface area contributed by atoms with Crippen LogP contribution in [0.4, 0.5) is 5.69 Å². The molecular weight excluding hydrogens is 288 g/mol. The highest BCUT2D eigenvalue weighted by molar-refractivity contribution is 7.89. The van der Waals surface area contributed by atoms with Gasteiger partial charge in [-0.3, -0.25) is 0 Å². The topological polar surface area (TPSA) is 101 Å². The second kappa shape index (κ2) is 5.87. The lowest BCUT2D eigenvalue weighted by Crippen LogP contribution is -2.30. The number of benzene rings is 1. The Hall–Kier alpha value is -1.86. The van der Waals surface area contributed by atoms with Gasteiger partial charge in [-0.2, -0.15) is 0 Å². The number of anilines is 1. The van der Waals surface area contributed by atoms with Crippen LogP contribution >= 0.6 is 0 Å². The number of aryl methyl sites for hydroxylation is 2. The fraction of sp³-hybridized carbons (Fsp3) is 0.357. The third kappa shape index (κ3) is 3.08. The largest absolute Gasteiger partial charge is 0.397 e. The molecule has 0 spiro atoms. The highest BCUT2D eigenvalue weighted by atomic mass is 32.2. The van der Waals surface area contributed by atoms with Crippen LogP contribution in [0.1, 0.15) is 36.3 Å². The second-order valence-corrected chi connectivity index (χ2v) is 6.65. The number of H-pyrrole nitrogens is 1. The van der Waals surface area contributed by atoms with Gasteiger partial charge in [0.15, 0.2) is 0 Å². The molecule has 1 atom stereocenters. The van der Waals surface area contributed by atoms with Gasteiger partial charge in [-0.1, -0.05) is 19.1 Å². The van der Waals surface area contributed by atoms with E-state index < -0.39 is 16.1 Å². The molecule has 0 bridgehead atoms. The van der Waals surface area contributed by atoms with Crippen LogP contribution in [0.5, 0.6) is 0 Å². The summed E-state index contributed by atoms with van der Waals surface area (Å²) in [6, 6.07) is 3.16. The van der Waals surface area contributed by atoms with E-state index >= 15 is 0 Å². The van der Waals surface area contributed by atoms with E-state index in [2.05, 4.69) is 14.7 Å². The number of sulfonamides is 1. The average molecular weight is 308 g/mol. The fourth-order valence-electron chi connectivity index (χ4n) is 2.21. The number of aromatic nitrogens is 2. The van der Waals surface area contributed by atoms with Gasteiger partial charge >= 0.3 is 0 Å². The van der Waals surface area contributed by atoms with Gasteiger partial charge in [-0.05, 0) is 31.4 Å². The lowest BCUT2D eigenvalue weighted by molar-refractivity contribution is 0.539. The summed E-state index contributed by atoms with van der Waals surface area (Å²) >= 11 is 0. The van der Waals surface area contributed by atoms with E-state index in [1.165, 1.54) is 0 Å². The van der Waals surface area contributed by atoms with E-state index in [4.69, 9.17) is 5.73 Å². The summed E-state index contributed by atoms with van der Waals surface area (Å²) in [7, 11) is -3.72. The second-order valence-electron chi connectivity index (χ2n) is 5.00. The maximum absolute atomic E-state index is 12.7. The summed E-state index contributed by atoms with van der Waals surface area (Å²) in [6.45, 7) is 5.41. The Bertz CT molecular complexity index is 724. The molecule has 1 aromatic carbocycles. The monoisotopic (exact) mass is 308 g/mol. The molecule has 0 aliphatic rings. The standard InChI is InChI=1S/C14H20N4O2S/c1-4-11(14-16-7-8-17-14)18-21(19,20)13-10(3)6-5-9(2)12(13)15/h5-8,11,18H,4,15H2,1-3H3,(H,16,17). The molecule has 0 aliphatic carbocycles. The van der Waals surface area contributed by atoms with Crippen molar-refractivity contribution >= 4 is 15.7 Å². The molecular formula is C14H20N4O2S. The first-order valence-corrected chi connectivity index (χ1v) is 8.22. The maximum Gasteiger partial charge on any atom is 0.243 e. The van der Waals surface area contributed by atoms with Crippen LogP contribution in [0, 0.1) is 13.8 Å². The number of rotatable bonds is 5. The molecule has 4 N–H and O–H groups in total. The van der Waals surface area contributed by atoms with Crippen molar-refractivity contribution in [1.82, 2.24) is 14.7 Å². The summed E-state index contributed by atoms with van der Waals surface area (Å²) in [5, 5.41) is 0. The van der Waals surface area contributed by atoms with E-state index in [0.717, 1.165) is 5.56 Å². The first kappa shape index (κ1) is 15.5. The number of hydrogen-bond acceptors (Lipinski definition) is 4. The normalized spacial score (nSPS) is 13.3. The molecule has 2 rings (SSSR count). The van der Waals surface area contributed by atoms with Crippen molar-refractivity contribution in [2.24, 2.45) is 0 Å². The molecule has 2 aromatic rings. The third-order valence-corrected chi connectivity index (χ3v) is 5.11. The maximum atomic E-state index is 12.7. The summed E-state index contributed by atoms with van der Waals surface area (Å²) in [6.07, 6.45) is 3.84. The summed E-state index contributed by atoms with van der Waals surface area (Å²) in [5.41, 5.74) is 7.62. The number of imidazole rings is 1. The first-order chi connectivity index (χ1) is 9.86. The number of nitrogens with two attached hydrogens (primary N) is 1. The summed E-state index contributed by atoms with van der Waals surface area (Å²) in [5.74, 6) is 0.588. The highest BCUT2D eigenvalue weighted by Crippen LogP contribution is 2.27. The van der Waals surface area contributed by atoms with Crippen molar-refractivity contribution < 1.29 is 8.42 Å². The van der Waals surface area contributed by atoms with Crippen molar-refractivity contribution in [3.63, 3.8) is 0 Å². The van der Waals surface area contributed by atoms with E-state index in [0.29, 0.717) is 17.8 Å². The molecule has 0 amide bonds. The summed E-state index contributed by atoms with van der Waals surface area (Å²) < 4.78 is 28.0. The molecule has 1 aromatic heterocycles. The molecule has 0 fully saturated rings. The fourth-order valence-corrected chi connectivity index (χ4v) is 3.92. The van der Waals surface area contributed by atoms with Crippen LogP contribution in [-0.2, 0) is 10.0 Å². The van der Waals surface area contributed by atoms with Gasteiger partial charge in [-0.15, -0.1) is 0 Å². The predicted octanol–water partition coefficient (Wildman–Crippen LogP) is 2.04. The third-order valence-electron chi connectivity index (χ3n) is 3.43. The van der Waals surface area contributed by atoms with Gasteiger partial charge < -0.3 is 10.7 Å². The van der Waals surface area contributed by atoms with Crippen molar-refractivity contribution in [3.8, 4) is 0 Å². The quantitative estimate of drug-likeness (QED) is 0.736. The van der Waals surface area contributed by atoms with E-state index in [-0.39, 0.29) is 10.6 Å². The molecule has 114 valence electrons. The molecule has 0 saturated heterocycles. The van der Waals surface area contributed by atoms with Crippen molar-refractivity contribution in [2.75, 3.05) is 5.73 Å². The van der Waals surface area contributed by atoms with Gasteiger partial charge in [0, 0.05) is 12.4 Å². The van der Waals surface area contributed by atoms with Crippen LogP contribution in [0.15, 0.2) is 29.4 Å². The number of nitrogen functional groups attached to an aromatic ring is 1. The molecule has 0 aliphatic heterocycles. The van der Waals surface area contributed by atoms with Crippen LogP contribution in [0.2, 0.25) is 0 Å². The molecule has 0 saturated carbocycles. The minimum Gasteiger partial charge on any atom is -0.397 e. The van der Waals surface area contributed by atoms with Crippen molar-refractivity contribution in [1.29, 1.82) is 0 Å². The van der Waals surface area contributed by atoms with E-state index in [1.54, 1.807) is 32.3 Å². The molecule has 0 radical (unpaired) electrons. The van der Waals surface area contributed by atoms with Crippen LogP contribution < -0.4 is 10.5 Å². The van der Waals surface area contributed by atoms with Crippen molar-refractivity contribution in [3.05, 3.63) is 41.5 Å². The Labute approximate surface area is 124 Å². The number of hydrogen-bond donors (Lipinski definition) is 3. The van der Waals surface area contributed by atoms with E-state index in [1.807, 2.05) is 13.0 Å². The van der Waals surface area contributed by atoms with Gasteiger partial charge in [0.05, 0.1) is 11.7 Å². The first-order valence-electron chi connectivity index (χ1n) is 6.74. The molecule has 7 heteroatoms. The average Bonchev–Trinajstić information content (AvgIpc) is 2.94. The Kier molecular flexibility index (Phi) is 4.34. The Morgan fingerprint density at radius 1 is 1.33 bits per heavy atom. The smallest absolute Gasteiger partial charge is 0.243 e. The molecule has 1 heterocycles. The number of aromatic amines is 1. The van der Waals surface area contributed by atoms with Gasteiger partial charge in [0.1, 0.15) is 10.7 Å². The lowest BCUT2D eigenvalue weighted by atomic mass is 10.1. The van der Waals surface area contributed by atoms with Crippen LogP contribution in [-0.4, -0.2) is 18.4 Å². The predicted molar refractivity (Wildman–Crippen MR) is 82.3 cm³/mol. The lowest BCUT2D eigenvalue weighted by Gasteiger charge is -2.18. The molecule has 6 nitrogen and oxygen atoms in total. The number of nitrogens with zero attached hydrogens (tertiary/aromatic N) is 1. The Balaban J connectivity index is 2.41. The Morgan fingerprint density at radius 3 is 2.57 bits per heavy atom. The van der Waals surface area contributed by atoms with E-state index in [9.17, 15) is 8.42 Å². The van der Waals surface area contributed by atoms with Gasteiger partial charge in [0.2, 0.25) is 10.0 Å². The zero-order chi connectivity index (χ0) is 15.6. The zero-order valence-electron chi connectivity index (χ0n) is 12.3. The molecule has 1 unspecified atom stereocenters. The number of nitrogens with one attached hydrogen (secondary N) is 2. The minimum absolute atomic E-state index is 0.146. The Morgan fingerprint density at radius 2 is 2.00 bits per heavy atom. The SMILES string of the molecule is CCC(NS(=O)(=O)c1c(C)ccc(C)c1N)c1ncc[nH]1. The highest BCUT2D eigenvalue weighted by Gasteiger charge is 2.25. The van der Waals surface area contributed by atoms with Crippen molar-refractivity contribution in [2.45, 2.75) is 38.1 Å². The van der Waals surface area contributed by atoms with Crippen LogP contribution in [0.3, 0.4) is 0 Å². The minimum atomic E-state index is -3.72. The van der Waals surface area contributed by atoms with Crippen LogP contribution in [0.25, 0.3) is 0 Å². The van der Waals surface area contributed by atoms with Gasteiger partial charge in [0.25, 0.3) is 0 Å².